The van der Waals surface area contributed by atoms with Crippen LogP contribution in [0.25, 0.3) is 11.1 Å². The summed E-state index contributed by atoms with van der Waals surface area (Å²) in [5.41, 5.74) is -0.956. The molecule has 0 aromatic heterocycles. The zero-order chi connectivity index (χ0) is 18.1. The van der Waals surface area contributed by atoms with Crippen molar-refractivity contribution < 1.29 is 22.7 Å². The standard InChI is InChI=1S/C18H16BrF3O2/c1-17(2,3)24-16(23)12-8-11(9-13(19)10-12)14-6-4-5-7-15(14)18(20,21)22/h4-10H,1-3H3. The zero-order valence-corrected chi connectivity index (χ0v) is 15.0. The van der Waals surface area contributed by atoms with Gasteiger partial charge in [-0.3, -0.25) is 0 Å². The predicted molar refractivity (Wildman–Crippen MR) is 89.7 cm³/mol. The summed E-state index contributed by atoms with van der Waals surface area (Å²) < 4.78 is 45.4. The number of esters is 1. The van der Waals surface area contributed by atoms with Gasteiger partial charge in [0.1, 0.15) is 5.60 Å². The monoisotopic (exact) mass is 400 g/mol. The van der Waals surface area contributed by atoms with Gasteiger partial charge in [-0.2, -0.15) is 13.2 Å². The Balaban J connectivity index is 2.53. The van der Waals surface area contributed by atoms with Crippen LogP contribution in [0.2, 0.25) is 0 Å². The van der Waals surface area contributed by atoms with Gasteiger partial charge in [0, 0.05) is 4.47 Å². The van der Waals surface area contributed by atoms with Gasteiger partial charge < -0.3 is 4.74 Å². The van der Waals surface area contributed by atoms with E-state index in [1.165, 1.54) is 30.3 Å². The van der Waals surface area contributed by atoms with Gasteiger partial charge in [0.15, 0.2) is 0 Å². The van der Waals surface area contributed by atoms with E-state index in [2.05, 4.69) is 15.9 Å². The lowest BCUT2D eigenvalue weighted by Gasteiger charge is -2.20. The lowest BCUT2D eigenvalue weighted by Crippen LogP contribution is -2.23. The molecule has 24 heavy (non-hydrogen) atoms. The molecule has 0 aliphatic rings. The number of hydrogen-bond acceptors (Lipinski definition) is 2. The highest BCUT2D eigenvalue weighted by atomic mass is 79.9. The third-order valence-electron chi connectivity index (χ3n) is 3.08. The molecule has 0 aliphatic carbocycles. The smallest absolute Gasteiger partial charge is 0.417 e. The Bertz CT molecular complexity index is 762. The van der Waals surface area contributed by atoms with E-state index in [-0.39, 0.29) is 16.7 Å². The van der Waals surface area contributed by atoms with E-state index >= 15 is 0 Å². The van der Waals surface area contributed by atoms with Crippen LogP contribution in [0.4, 0.5) is 13.2 Å². The molecule has 2 nitrogen and oxygen atoms in total. The molecule has 0 heterocycles. The second-order valence-corrected chi connectivity index (χ2v) is 7.19. The number of halogens is 4. The molecule has 0 saturated heterocycles. The molecule has 0 fully saturated rings. The van der Waals surface area contributed by atoms with Gasteiger partial charge in [-0.25, -0.2) is 4.79 Å². The summed E-state index contributed by atoms with van der Waals surface area (Å²) in [6.07, 6.45) is -4.48. The van der Waals surface area contributed by atoms with Crippen molar-refractivity contribution in [1.29, 1.82) is 0 Å². The number of carbonyl (C=O) groups is 1. The summed E-state index contributed by atoms with van der Waals surface area (Å²) in [5, 5.41) is 0. The van der Waals surface area contributed by atoms with Crippen LogP contribution in [0.1, 0.15) is 36.7 Å². The quantitative estimate of drug-likeness (QED) is 0.570. The van der Waals surface area contributed by atoms with Crippen molar-refractivity contribution >= 4 is 21.9 Å². The van der Waals surface area contributed by atoms with Gasteiger partial charge in [-0.05, 0) is 56.2 Å². The van der Waals surface area contributed by atoms with Crippen molar-refractivity contribution in [3.63, 3.8) is 0 Å². The summed E-state index contributed by atoms with van der Waals surface area (Å²) in [4.78, 5) is 12.2. The fourth-order valence-corrected chi connectivity index (χ4v) is 2.68. The maximum Gasteiger partial charge on any atom is 0.417 e. The van der Waals surface area contributed by atoms with E-state index in [1.807, 2.05) is 0 Å². The van der Waals surface area contributed by atoms with Crippen molar-refractivity contribution in [3.8, 4) is 11.1 Å². The van der Waals surface area contributed by atoms with Crippen LogP contribution in [0, 0.1) is 0 Å². The Labute approximate surface area is 146 Å². The number of alkyl halides is 3. The van der Waals surface area contributed by atoms with E-state index in [0.29, 0.717) is 4.47 Å². The topological polar surface area (TPSA) is 26.3 Å². The van der Waals surface area contributed by atoms with Crippen molar-refractivity contribution in [2.45, 2.75) is 32.5 Å². The fraction of sp³-hybridized carbons (Fsp3) is 0.278. The maximum absolute atomic E-state index is 13.2. The van der Waals surface area contributed by atoms with Crippen LogP contribution in [0.15, 0.2) is 46.9 Å². The molecule has 0 atom stereocenters. The number of ether oxygens (including phenoxy) is 1. The first-order valence-electron chi connectivity index (χ1n) is 7.18. The van der Waals surface area contributed by atoms with Gasteiger partial charge in [0.2, 0.25) is 0 Å². The lowest BCUT2D eigenvalue weighted by atomic mass is 9.97. The molecule has 0 saturated carbocycles. The second-order valence-electron chi connectivity index (χ2n) is 6.27. The Hall–Kier alpha value is -1.82. The van der Waals surface area contributed by atoms with Crippen LogP contribution in [-0.4, -0.2) is 11.6 Å². The molecule has 0 aliphatic heterocycles. The van der Waals surface area contributed by atoms with E-state index in [9.17, 15) is 18.0 Å². The summed E-state index contributed by atoms with van der Waals surface area (Å²) in [6.45, 7) is 5.17. The Morgan fingerprint density at radius 2 is 1.67 bits per heavy atom. The molecular weight excluding hydrogens is 385 g/mol. The molecule has 0 radical (unpaired) electrons. The van der Waals surface area contributed by atoms with Gasteiger partial charge in [-0.15, -0.1) is 0 Å². The van der Waals surface area contributed by atoms with Crippen molar-refractivity contribution in [3.05, 3.63) is 58.1 Å². The molecule has 0 bridgehead atoms. The number of hydrogen-bond donors (Lipinski definition) is 0. The first-order chi connectivity index (χ1) is 11.0. The highest BCUT2D eigenvalue weighted by Gasteiger charge is 2.33. The van der Waals surface area contributed by atoms with Gasteiger partial charge in [0.05, 0.1) is 11.1 Å². The Morgan fingerprint density at radius 1 is 1.04 bits per heavy atom. The third-order valence-corrected chi connectivity index (χ3v) is 3.53. The van der Waals surface area contributed by atoms with E-state index < -0.39 is 23.3 Å². The largest absolute Gasteiger partial charge is 0.456 e. The lowest BCUT2D eigenvalue weighted by molar-refractivity contribution is -0.137. The molecule has 0 amide bonds. The van der Waals surface area contributed by atoms with Crippen LogP contribution in [-0.2, 0) is 10.9 Å². The molecule has 0 N–H and O–H groups in total. The molecule has 2 aromatic carbocycles. The summed E-state index contributed by atoms with van der Waals surface area (Å²) >= 11 is 3.24. The number of rotatable bonds is 2. The Kier molecular flexibility index (Phi) is 5.08. The highest BCUT2D eigenvalue weighted by molar-refractivity contribution is 9.10. The minimum atomic E-state index is -4.48. The predicted octanol–water partition coefficient (Wildman–Crippen LogP) is 6.09. The first-order valence-corrected chi connectivity index (χ1v) is 7.97. The van der Waals surface area contributed by atoms with Gasteiger partial charge >= 0.3 is 12.1 Å². The number of benzene rings is 2. The van der Waals surface area contributed by atoms with E-state index in [1.54, 1.807) is 26.8 Å². The minimum Gasteiger partial charge on any atom is -0.456 e. The molecule has 0 unspecified atom stereocenters. The Morgan fingerprint density at radius 3 is 2.25 bits per heavy atom. The van der Waals surface area contributed by atoms with E-state index in [0.717, 1.165) is 6.07 Å². The zero-order valence-electron chi connectivity index (χ0n) is 13.4. The SMILES string of the molecule is CC(C)(C)OC(=O)c1cc(Br)cc(-c2ccccc2C(F)(F)F)c1. The normalized spacial score (nSPS) is 12.1. The average Bonchev–Trinajstić information content (AvgIpc) is 2.44. The van der Waals surface area contributed by atoms with Crippen molar-refractivity contribution in [2.75, 3.05) is 0 Å². The molecule has 2 rings (SSSR count). The molecule has 2 aromatic rings. The average molecular weight is 401 g/mol. The van der Waals surface area contributed by atoms with Crippen molar-refractivity contribution in [2.24, 2.45) is 0 Å². The van der Waals surface area contributed by atoms with Crippen LogP contribution >= 0.6 is 15.9 Å². The summed E-state index contributed by atoms with van der Waals surface area (Å²) in [6, 6.07) is 9.72. The second kappa shape index (κ2) is 6.59. The highest BCUT2D eigenvalue weighted by Crippen LogP contribution is 2.38. The third kappa shape index (κ3) is 4.60. The summed E-state index contributed by atoms with van der Waals surface area (Å²) in [7, 11) is 0. The minimum absolute atomic E-state index is 0.0103. The van der Waals surface area contributed by atoms with Crippen LogP contribution in [0.3, 0.4) is 0 Å². The maximum atomic E-state index is 13.2. The van der Waals surface area contributed by atoms with Gasteiger partial charge in [-0.1, -0.05) is 34.1 Å². The van der Waals surface area contributed by atoms with Crippen LogP contribution in [0.5, 0.6) is 0 Å². The first kappa shape index (κ1) is 18.5. The number of carbonyl (C=O) groups excluding carboxylic acids is 1. The fourth-order valence-electron chi connectivity index (χ4n) is 2.18. The molecular formula is C18H16BrF3O2. The van der Waals surface area contributed by atoms with E-state index in [4.69, 9.17) is 4.74 Å². The van der Waals surface area contributed by atoms with Crippen molar-refractivity contribution in [1.82, 2.24) is 0 Å². The molecule has 128 valence electrons. The van der Waals surface area contributed by atoms with Crippen LogP contribution < -0.4 is 0 Å². The van der Waals surface area contributed by atoms with Gasteiger partial charge in [0.25, 0.3) is 0 Å². The molecule has 6 heteroatoms. The summed E-state index contributed by atoms with van der Waals surface area (Å²) in [5.74, 6) is -0.588. The molecule has 0 spiro atoms.